The van der Waals surface area contributed by atoms with E-state index < -0.39 is 8.24 Å². The fourth-order valence-corrected chi connectivity index (χ4v) is 14.4. The summed E-state index contributed by atoms with van der Waals surface area (Å²) >= 11 is 3.87. The minimum atomic E-state index is -1.61. The molecule has 3 heteroatoms. The lowest BCUT2D eigenvalue weighted by molar-refractivity contribution is 0.573. The Morgan fingerprint density at radius 1 is 1.07 bits per heavy atom. The zero-order valence-corrected chi connectivity index (χ0v) is 14.2. The Kier molecular flexibility index (Phi) is 5.10. The second kappa shape index (κ2) is 4.88. The Morgan fingerprint density at radius 2 is 1.40 bits per heavy atom. The van der Waals surface area contributed by atoms with Gasteiger partial charge in [0.25, 0.3) is 0 Å². The normalized spacial score (nSPS) is 16.6. The molecule has 0 aliphatic carbocycles. The van der Waals surface area contributed by atoms with Gasteiger partial charge >= 0.3 is 0 Å². The molecular weight excluding hydrogens is 266 g/mol. The number of hydrogen-bond acceptors (Lipinski definition) is 1. The van der Waals surface area contributed by atoms with Crippen molar-refractivity contribution in [2.75, 3.05) is 6.54 Å². The van der Waals surface area contributed by atoms with Crippen molar-refractivity contribution in [3.63, 3.8) is 0 Å². The smallest absolute Gasteiger partial charge is 0.150 e. The Labute approximate surface area is 106 Å². The Morgan fingerprint density at radius 3 is 1.47 bits per heavy atom. The average Bonchev–Trinajstić information content (AvgIpc) is 1.93. The van der Waals surface area contributed by atoms with Gasteiger partial charge in [0, 0.05) is 4.45 Å². The summed E-state index contributed by atoms with van der Waals surface area (Å²) in [4.78, 5) is 3.87. The summed E-state index contributed by atoms with van der Waals surface area (Å²) < 4.78 is 0.574. The van der Waals surface area contributed by atoms with Gasteiger partial charge in [-0.3, -0.25) is 0 Å². The van der Waals surface area contributed by atoms with E-state index in [1.165, 1.54) is 0 Å². The molecule has 0 saturated carbocycles. The Hall–Kier alpha value is 0.657. The van der Waals surface area contributed by atoms with Crippen molar-refractivity contribution >= 4 is 24.2 Å². The van der Waals surface area contributed by atoms with Crippen molar-refractivity contribution in [2.24, 2.45) is 0 Å². The maximum atomic E-state index is 3.87. The molecule has 0 saturated heterocycles. The van der Waals surface area contributed by atoms with Gasteiger partial charge in [-0.05, 0) is 16.6 Å². The van der Waals surface area contributed by atoms with E-state index in [4.69, 9.17) is 0 Å². The van der Waals surface area contributed by atoms with E-state index in [-0.39, 0.29) is 0 Å². The molecule has 0 aliphatic heterocycles. The van der Waals surface area contributed by atoms with Gasteiger partial charge in [-0.15, -0.1) is 0 Å². The van der Waals surface area contributed by atoms with Gasteiger partial charge in [-0.1, -0.05) is 71.3 Å². The number of rotatable bonds is 3. The predicted molar refractivity (Wildman–Crippen MR) is 77.2 cm³/mol. The highest BCUT2D eigenvalue weighted by atomic mass is 79.9. The molecule has 0 fully saturated rings. The summed E-state index contributed by atoms with van der Waals surface area (Å²) in [5.74, 6) is 0. The largest absolute Gasteiger partial charge is 0.336 e. The van der Waals surface area contributed by atoms with E-state index in [1.54, 1.807) is 0 Å². The predicted octanol–water partition coefficient (Wildman–Crippen LogP) is 4.46. The molecule has 0 spiro atoms. The lowest BCUT2D eigenvalue weighted by Crippen LogP contribution is -2.68. The molecule has 0 radical (unpaired) electrons. The average molecular weight is 294 g/mol. The van der Waals surface area contributed by atoms with Gasteiger partial charge in [0.15, 0.2) is 0 Å². The molecule has 0 aromatic carbocycles. The van der Waals surface area contributed by atoms with Crippen LogP contribution in [0.5, 0.6) is 0 Å². The maximum Gasteiger partial charge on any atom is 0.150 e. The molecule has 1 unspecified atom stereocenters. The first-order chi connectivity index (χ1) is 6.50. The van der Waals surface area contributed by atoms with Crippen LogP contribution in [0.3, 0.4) is 0 Å². The van der Waals surface area contributed by atoms with Crippen molar-refractivity contribution in [2.45, 2.75) is 69.9 Å². The van der Waals surface area contributed by atoms with Crippen LogP contribution in [0.25, 0.3) is 0 Å². The summed E-state index contributed by atoms with van der Waals surface area (Å²) in [6, 6.07) is 0. The van der Waals surface area contributed by atoms with Gasteiger partial charge < -0.3 is 4.98 Å². The summed E-state index contributed by atoms with van der Waals surface area (Å²) in [6.07, 6.45) is 0. The summed E-state index contributed by atoms with van der Waals surface area (Å²) in [5.41, 5.74) is 0. The zero-order chi connectivity index (χ0) is 12.5. The standard InChI is InChI=1S/C12H28BrNSi/c1-9-14-15(10(2)13,11(3,4)5)12(6,7)8/h10,14H,9H2,1-8H3. The van der Waals surface area contributed by atoms with Crippen molar-refractivity contribution in [1.29, 1.82) is 0 Å². The second-order valence-electron chi connectivity index (χ2n) is 6.45. The summed E-state index contributed by atoms with van der Waals surface area (Å²) in [6.45, 7) is 19.9. The van der Waals surface area contributed by atoms with Crippen LogP contribution in [0, 0.1) is 0 Å². The molecule has 0 heterocycles. The minimum Gasteiger partial charge on any atom is -0.336 e. The van der Waals surface area contributed by atoms with Gasteiger partial charge in [-0.25, -0.2) is 0 Å². The van der Waals surface area contributed by atoms with E-state index in [0.29, 0.717) is 14.5 Å². The van der Waals surface area contributed by atoms with Crippen LogP contribution in [0.1, 0.15) is 55.4 Å². The van der Waals surface area contributed by atoms with Crippen molar-refractivity contribution in [3.8, 4) is 0 Å². The number of hydrogen-bond donors (Lipinski definition) is 1. The Balaban J connectivity index is 5.50. The molecule has 0 rings (SSSR count). The lowest BCUT2D eigenvalue weighted by atomic mass is 10.2. The highest BCUT2D eigenvalue weighted by molar-refractivity contribution is 9.10. The SMILES string of the molecule is CCN[Si](C(C)Br)(C(C)(C)C)C(C)(C)C. The lowest BCUT2D eigenvalue weighted by Gasteiger charge is -2.54. The molecule has 0 aliphatic rings. The van der Waals surface area contributed by atoms with Crippen molar-refractivity contribution in [1.82, 2.24) is 4.98 Å². The molecule has 0 aromatic heterocycles. The number of nitrogens with one attached hydrogen (secondary N) is 1. The second-order valence-corrected chi connectivity index (χ2v) is 14.5. The third-order valence-corrected chi connectivity index (χ3v) is 12.3. The van der Waals surface area contributed by atoms with Crippen LogP contribution < -0.4 is 4.98 Å². The Bertz CT molecular complexity index is 187. The molecule has 1 N–H and O–H groups in total. The topological polar surface area (TPSA) is 12.0 Å². The van der Waals surface area contributed by atoms with Crippen molar-refractivity contribution in [3.05, 3.63) is 0 Å². The summed E-state index contributed by atoms with van der Waals surface area (Å²) in [5, 5.41) is 0.703. The van der Waals surface area contributed by atoms with E-state index in [1.807, 2.05) is 0 Å². The first-order valence-corrected chi connectivity index (χ1v) is 8.89. The van der Waals surface area contributed by atoms with Gasteiger partial charge in [0.05, 0.1) is 0 Å². The van der Waals surface area contributed by atoms with Gasteiger partial charge in [0.2, 0.25) is 0 Å². The van der Waals surface area contributed by atoms with Gasteiger partial charge in [-0.2, -0.15) is 0 Å². The van der Waals surface area contributed by atoms with E-state index in [0.717, 1.165) is 6.54 Å². The van der Waals surface area contributed by atoms with Crippen LogP contribution in [0.4, 0.5) is 0 Å². The van der Waals surface area contributed by atoms with E-state index in [9.17, 15) is 0 Å². The third kappa shape index (κ3) is 2.86. The van der Waals surface area contributed by atoms with Crippen LogP contribution in [0.15, 0.2) is 0 Å². The molecule has 1 nitrogen and oxygen atoms in total. The van der Waals surface area contributed by atoms with Crippen molar-refractivity contribution < 1.29 is 0 Å². The monoisotopic (exact) mass is 293 g/mol. The van der Waals surface area contributed by atoms with E-state index >= 15 is 0 Å². The zero-order valence-electron chi connectivity index (χ0n) is 11.7. The van der Waals surface area contributed by atoms with Crippen LogP contribution >= 0.6 is 15.9 Å². The van der Waals surface area contributed by atoms with E-state index in [2.05, 4.69) is 76.3 Å². The highest BCUT2D eigenvalue weighted by Gasteiger charge is 2.55. The maximum absolute atomic E-state index is 3.87. The first kappa shape index (κ1) is 15.7. The van der Waals surface area contributed by atoms with Crippen LogP contribution in [-0.2, 0) is 0 Å². The number of alkyl halides is 1. The first-order valence-electron chi connectivity index (χ1n) is 5.89. The fraction of sp³-hybridized carbons (Fsp3) is 1.00. The molecule has 92 valence electrons. The quantitative estimate of drug-likeness (QED) is 0.598. The molecule has 0 amide bonds. The molecule has 15 heavy (non-hydrogen) atoms. The molecule has 0 bridgehead atoms. The summed E-state index contributed by atoms with van der Waals surface area (Å²) in [7, 11) is -1.61. The van der Waals surface area contributed by atoms with Gasteiger partial charge in [0.1, 0.15) is 8.24 Å². The molecular formula is C12H28BrNSi. The fourth-order valence-electron chi connectivity index (χ4n) is 3.27. The van der Waals surface area contributed by atoms with Crippen LogP contribution in [-0.4, -0.2) is 19.2 Å². The van der Waals surface area contributed by atoms with Crippen LogP contribution in [0.2, 0.25) is 10.1 Å². The highest BCUT2D eigenvalue weighted by Crippen LogP contribution is 2.52. The number of halogens is 1. The third-order valence-electron chi connectivity index (χ3n) is 3.42. The molecule has 0 aromatic rings. The minimum absolute atomic E-state index is 0.351. The molecule has 1 atom stereocenters.